The Morgan fingerprint density at radius 2 is 2.03 bits per heavy atom. The van der Waals surface area contributed by atoms with Gasteiger partial charge in [-0.15, -0.1) is 0 Å². The Labute approximate surface area is 172 Å². The van der Waals surface area contributed by atoms with Crippen LogP contribution in [0, 0.1) is 6.92 Å². The zero-order valence-corrected chi connectivity index (χ0v) is 16.8. The van der Waals surface area contributed by atoms with E-state index in [1.54, 1.807) is 24.1 Å². The zero-order valence-electron chi connectivity index (χ0n) is 16.0. The minimum atomic E-state index is -0.291. The highest BCUT2D eigenvalue weighted by Crippen LogP contribution is 2.32. The number of likely N-dealkylation sites (tertiary alicyclic amines) is 1. The first-order valence-corrected chi connectivity index (χ1v) is 9.91. The lowest BCUT2D eigenvalue weighted by Crippen LogP contribution is -2.37. The van der Waals surface area contributed by atoms with E-state index < -0.39 is 0 Å². The Balaban J connectivity index is 1.47. The number of hydrogen-bond acceptors (Lipinski definition) is 5. The molecule has 1 fully saturated rings. The molecule has 0 spiro atoms. The lowest BCUT2D eigenvalue weighted by atomic mass is 10.1. The van der Waals surface area contributed by atoms with Crippen LogP contribution in [0.2, 0.25) is 5.02 Å². The predicted octanol–water partition coefficient (Wildman–Crippen LogP) is 3.15. The summed E-state index contributed by atoms with van der Waals surface area (Å²) in [5, 5.41) is 4.84. The maximum atomic E-state index is 12.8. The smallest absolute Gasteiger partial charge is 0.267 e. The van der Waals surface area contributed by atoms with Crippen LogP contribution in [0.1, 0.15) is 41.8 Å². The molecule has 0 radical (unpaired) electrons. The molecule has 1 atom stereocenters. The molecule has 1 saturated heterocycles. The summed E-state index contributed by atoms with van der Waals surface area (Å²) < 4.78 is 7.16. The number of oxazole rings is 1. The van der Waals surface area contributed by atoms with Crippen molar-refractivity contribution in [3.8, 4) is 0 Å². The summed E-state index contributed by atoms with van der Waals surface area (Å²) in [5.74, 6) is 1.10. The van der Waals surface area contributed by atoms with Crippen molar-refractivity contribution in [3.05, 3.63) is 80.9 Å². The summed E-state index contributed by atoms with van der Waals surface area (Å²) in [7, 11) is 0. The molecule has 3 heterocycles. The number of nitrogens with zero attached hydrogens (tertiary/aromatic N) is 4. The van der Waals surface area contributed by atoms with Gasteiger partial charge in [0, 0.05) is 24.1 Å². The molecule has 1 unspecified atom stereocenters. The average molecular weight is 413 g/mol. The van der Waals surface area contributed by atoms with Gasteiger partial charge in [0.1, 0.15) is 18.3 Å². The van der Waals surface area contributed by atoms with Crippen LogP contribution in [0.3, 0.4) is 0 Å². The monoisotopic (exact) mass is 412 g/mol. The maximum Gasteiger partial charge on any atom is 0.267 e. The summed E-state index contributed by atoms with van der Waals surface area (Å²) in [5.41, 5.74) is 1.47. The molecule has 1 aliphatic heterocycles. The topological polar surface area (TPSA) is 81.2 Å². The molecule has 1 amide bonds. The van der Waals surface area contributed by atoms with Gasteiger partial charge in [-0.2, -0.15) is 5.10 Å². The molecule has 29 heavy (non-hydrogen) atoms. The van der Waals surface area contributed by atoms with E-state index in [1.165, 1.54) is 10.7 Å². The van der Waals surface area contributed by atoms with Gasteiger partial charge in [-0.3, -0.25) is 9.59 Å². The van der Waals surface area contributed by atoms with Gasteiger partial charge in [-0.25, -0.2) is 9.67 Å². The molecule has 150 valence electrons. The first-order chi connectivity index (χ1) is 14.0. The van der Waals surface area contributed by atoms with Crippen molar-refractivity contribution in [1.82, 2.24) is 19.7 Å². The van der Waals surface area contributed by atoms with E-state index in [9.17, 15) is 9.59 Å². The molecule has 2 aromatic heterocycles. The summed E-state index contributed by atoms with van der Waals surface area (Å²) in [6, 6.07) is 10.4. The second-order valence-corrected chi connectivity index (χ2v) is 7.62. The molecule has 0 bridgehead atoms. The summed E-state index contributed by atoms with van der Waals surface area (Å²) in [6.07, 6.45) is 3.95. The largest absolute Gasteiger partial charge is 0.443 e. The molecule has 0 saturated carbocycles. The van der Waals surface area contributed by atoms with Crippen molar-refractivity contribution < 1.29 is 9.21 Å². The van der Waals surface area contributed by atoms with Crippen LogP contribution in [-0.2, 0) is 17.8 Å². The number of rotatable bonds is 5. The van der Waals surface area contributed by atoms with Crippen molar-refractivity contribution in [3.63, 3.8) is 0 Å². The fourth-order valence-corrected chi connectivity index (χ4v) is 3.69. The van der Waals surface area contributed by atoms with Crippen LogP contribution in [0.25, 0.3) is 0 Å². The zero-order chi connectivity index (χ0) is 20.4. The average Bonchev–Trinajstić information content (AvgIpc) is 3.36. The van der Waals surface area contributed by atoms with Crippen molar-refractivity contribution >= 4 is 17.5 Å². The minimum absolute atomic E-state index is 0.0879. The minimum Gasteiger partial charge on any atom is -0.443 e. The summed E-state index contributed by atoms with van der Waals surface area (Å²) in [6.45, 7) is 2.31. The van der Waals surface area contributed by atoms with Gasteiger partial charge in [-0.1, -0.05) is 23.7 Å². The Morgan fingerprint density at radius 3 is 2.83 bits per heavy atom. The van der Waals surface area contributed by atoms with Gasteiger partial charge in [0.05, 0.1) is 11.9 Å². The van der Waals surface area contributed by atoms with Gasteiger partial charge in [0.2, 0.25) is 11.8 Å². The molecular weight excluding hydrogens is 392 g/mol. The molecule has 8 heteroatoms. The Kier molecular flexibility index (Phi) is 5.49. The van der Waals surface area contributed by atoms with E-state index in [-0.39, 0.29) is 24.1 Å². The summed E-state index contributed by atoms with van der Waals surface area (Å²) in [4.78, 5) is 30.9. The molecule has 1 aliphatic rings. The number of aromatic nitrogens is 3. The first-order valence-electron chi connectivity index (χ1n) is 9.53. The maximum absolute atomic E-state index is 12.8. The number of carbonyl (C=O) groups excluding carboxylic acids is 1. The van der Waals surface area contributed by atoms with Crippen molar-refractivity contribution in [1.29, 1.82) is 0 Å². The highest BCUT2D eigenvalue weighted by Gasteiger charge is 2.33. The molecule has 0 N–H and O–H groups in total. The van der Waals surface area contributed by atoms with E-state index in [2.05, 4.69) is 10.1 Å². The lowest BCUT2D eigenvalue weighted by Gasteiger charge is -2.22. The third-order valence-electron chi connectivity index (χ3n) is 5.01. The van der Waals surface area contributed by atoms with Crippen LogP contribution < -0.4 is 5.56 Å². The van der Waals surface area contributed by atoms with Crippen LogP contribution in [0.15, 0.2) is 51.8 Å². The van der Waals surface area contributed by atoms with Crippen LogP contribution in [0.4, 0.5) is 0 Å². The molecule has 0 aliphatic carbocycles. The lowest BCUT2D eigenvalue weighted by molar-refractivity contribution is -0.133. The second kappa shape index (κ2) is 8.21. The first kappa shape index (κ1) is 19.4. The highest BCUT2D eigenvalue weighted by molar-refractivity contribution is 6.30. The highest BCUT2D eigenvalue weighted by atomic mass is 35.5. The fraction of sp³-hybridized carbons (Fsp3) is 0.333. The molecule has 7 nitrogen and oxygen atoms in total. The van der Waals surface area contributed by atoms with E-state index in [0.29, 0.717) is 29.6 Å². The third-order valence-corrected chi connectivity index (χ3v) is 5.26. The Hall–Kier alpha value is -2.93. The van der Waals surface area contributed by atoms with Crippen molar-refractivity contribution in [2.24, 2.45) is 0 Å². The van der Waals surface area contributed by atoms with Crippen LogP contribution in [0.5, 0.6) is 0 Å². The normalized spacial score (nSPS) is 16.3. The second-order valence-electron chi connectivity index (χ2n) is 7.18. The van der Waals surface area contributed by atoms with E-state index in [4.69, 9.17) is 16.0 Å². The Bertz CT molecular complexity index is 1070. The molecule has 4 rings (SSSR count). The van der Waals surface area contributed by atoms with Crippen molar-refractivity contribution in [2.75, 3.05) is 6.54 Å². The van der Waals surface area contributed by atoms with Gasteiger partial charge in [0.15, 0.2) is 0 Å². The number of carbonyl (C=O) groups is 1. The van der Waals surface area contributed by atoms with Gasteiger partial charge >= 0.3 is 0 Å². The fourth-order valence-electron chi connectivity index (χ4n) is 3.57. The summed E-state index contributed by atoms with van der Waals surface area (Å²) >= 11 is 5.93. The predicted molar refractivity (Wildman–Crippen MR) is 108 cm³/mol. The Morgan fingerprint density at radius 1 is 1.24 bits per heavy atom. The van der Waals surface area contributed by atoms with Gasteiger partial charge < -0.3 is 9.32 Å². The quantitative estimate of drug-likeness (QED) is 0.643. The third kappa shape index (κ3) is 4.40. The standard InChI is InChI=1S/C21H21ClN4O3/c1-14-4-9-19(27)26(24-14)13-20(28)25-10-2-3-18(25)21-23-12-17(29-21)11-15-5-7-16(22)8-6-15/h4-9,12,18H,2-3,10-11,13H2,1H3. The van der Waals surface area contributed by atoms with E-state index >= 15 is 0 Å². The number of benzene rings is 1. The number of halogens is 1. The SMILES string of the molecule is Cc1ccc(=O)n(CC(=O)N2CCCC2c2ncc(Cc3ccc(Cl)cc3)o2)n1. The molecule has 3 aromatic rings. The van der Waals surface area contributed by atoms with Crippen molar-refractivity contribution in [2.45, 2.75) is 38.8 Å². The number of amides is 1. The molecular formula is C21H21ClN4O3. The molecule has 1 aromatic carbocycles. The number of hydrogen-bond donors (Lipinski definition) is 0. The van der Waals surface area contributed by atoms with Gasteiger partial charge in [-0.05, 0) is 43.5 Å². The van der Waals surface area contributed by atoms with E-state index in [0.717, 1.165) is 24.2 Å². The van der Waals surface area contributed by atoms with E-state index in [1.807, 2.05) is 24.3 Å². The van der Waals surface area contributed by atoms with Crippen LogP contribution in [-0.4, -0.2) is 32.1 Å². The van der Waals surface area contributed by atoms with Gasteiger partial charge in [0.25, 0.3) is 5.56 Å². The number of aryl methyl sites for hydroxylation is 1. The van der Waals surface area contributed by atoms with Crippen LogP contribution >= 0.6 is 11.6 Å².